The lowest BCUT2D eigenvalue weighted by Gasteiger charge is -2.47. The summed E-state index contributed by atoms with van der Waals surface area (Å²) in [5.74, 6) is -7.50. The van der Waals surface area contributed by atoms with E-state index in [9.17, 15) is 39.5 Å². The van der Waals surface area contributed by atoms with E-state index in [0.29, 0.717) is 0 Å². The Balaban J connectivity index is 3.28. The normalized spacial score (nSPS) is 37.0. The zero-order valence-electron chi connectivity index (χ0n) is 9.75. The number of ether oxygens (including phenoxy) is 1. The smallest absolute Gasteiger partial charge is 0.358 e. The summed E-state index contributed by atoms with van der Waals surface area (Å²) in [6, 6.07) is 0. The number of rotatable bonds is 0. The van der Waals surface area contributed by atoms with Gasteiger partial charge in [0.1, 0.15) is 0 Å². The molecule has 1 aliphatic heterocycles. The molecule has 1 heterocycles. The molecule has 0 spiro atoms. The summed E-state index contributed by atoms with van der Waals surface area (Å²) < 4.78 is 117. The molecular formula is C9H9F9O2. The summed E-state index contributed by atoms with van der Waals surface area (Å²) in [6.45, 7) is 0.0433. The molecule has 1 rings (SSSR count). The van der Waals surface area contributed by atoms with Gasteiger partial charge in [-0.1, -0.05) is 0 Å². The van der Waals surface area contributed by atoms with E-state index in [1.165, 1.54) is 0 Å². The Bertz CT molecular complexity index is 343. The number of hydrogen-bond donors (Lipinski definition) is 1. The standard InChI is InChI=1S/C9H9F9O2/c1-5(8(13,14)15)2-4(7(10,11)12)3-6(19,20-5)9(16,17)18/h4,19H,2-3H2,1H3. The van der Waals surface area contributed by atoms with Gasteiger partial charge in [-0.05, 0) is 13.3 Å². The van der Waals surface area contributed by atoms with Crippen LogP contribution in [0.2, 0.25) is 0 Å². The van der Waals surface area contributed by atoms with Crippen LogP contribution in [-0.2, 0) is 4.74 Å². The van der Waals surface area contributed by atoms with E-state index in [2.05, 4.69) is 4.74 Å². The van der Waals surface area contributed by atoms with Crippen LogP contribution in [-0.4, -0.2) is 35.0 Å². The number of alkyl halides is 9. The maximum absolute atomic E-state index is 12.6. The molecule has 0 aliphatic carbocycles. The fourth-order valence-corrected chi connectivity index (χ4v) is 1.91. The predicted octanol–water partition coefficient (Wildman–Crippen LogP) is 3.55. The fourth-order valence-electron chi connectivity index (χ4n) is 1.91. The molecule has 1 saturated heterocycles. The lowest BCUT2D eigenvalue weighted by atomic mass is 9.82. The van der Waals surface area contributed by atoms with Gasteiger partial charge in [-0.15, -0.1) is 0 Å². The maximum atomic E-state index is 12.6. The lowest BCUT2D eigenvalue weighted by Crippen LogP contribution is -2.64. The summed E-state index contributed by atoms with van der Waals surface area (Å²) in [4.78, 5) is 0. The van der Waals surface area contributed by atoms with Crippen LogP contribution in [0, 0.1) is 5.92 Å². The maximum Gasteiger partial charge on any atom is 0.443 e. The van der Waals surface area contributed by atoms with Gasteiger partial charge < -0.3 is 9.84 Å². The molecule has 1 N–H and O–H groups in total. The first-order valence-corrected chi connectivity index (χ1v) is 5.14. The molecule has 1 fully saturated rings. The van der Waals surface area contributed by atoms with Crippen LogP contribution in [0.1, 0.15) is 19.8 Å². The Morgan fingerprint density at radius 3 is 1.65 bits per heavy atom. The molecule has 3 atom stereocenters. The molecular weight excluding hydrogens is 311 g/mol. The van der Waals surface area contributed by atoms with Gasteiger partial charge >= 0.3 is 18.5 Å². The van der Waals surface area contributed by atoms with Gasteiger partial charge in [-0.3, -0.25) is 0 Å². The van der Waals surface area contributed by atoms with Crippen molar-refractivity contribution in [3.8, 4) is 0 Å². The Morgan fingerprint density at radius 2 is 1.35 bits per heavy atom. The van der Waals surface area contributed by atoms with Gasteiger partial charge in [0.05, 0.1) is 5.92 Å². The van der Waals surface area contributed by atoms with Crippen molar-refractivity contribution in [3.63, 3.8) is 0 Å². The van der Waals surface area contributed by atoms with Gasteiger partial charge in [-0.25, -0.2) is 0 Å². The molecule has 0 radical (unpaired) electrons. The molecule has 20 heavy (non-hydrogen) atoms. The van der Waals surface area contributed by atoms with E-state index in [0.717, 1.165) is 0 Å². The second kappa shape index (κ2) is 4.39. The molecule has 0 aromatic carbocycles. The van der Waals surface area contributed by atoms with Crippen molar-refractivity contribution >= 4 is 0 Å². The van der Waals surface area contributed by atoms with Crippen LogP contribution in [0.4, 0.5) is 39.5 Å². The summed E-state index contributed by atoms with van der Waals surface area (Å²) >= 11 is 0. The molecule has 0 aromatic rings. The van der Waals surface area contributed by atoms with Crippen molar-refractivity contribution in [1.82, 2.24) is 0 Å². The van der Waals surface area contributed by atoms with Crippen LogP contribution in [0.15, 0.2) is 0 Å². The molecule has 1 aliphatic rings. The fraction of sp³-hybridized carbons (Fsp3) is 1.00. The van der Waals surface area contributed by atoms with Crippen LogP contribution in [0.3, 0.4) is 0 Å². The van der Waals surface area contributed by atoms with Crippen molar-refractivity contribution in [2.75, 3.05) is 0 Å². The van der Waals surface area contributed by atoms with Crippen molar-refractivity contribution < 1.29 is 49.4 Å². The van der Waals surface area contributed by atoms with Crippen molar-refractivity contribution in [1.29, 1.82) is 0 Å². The Morgan fingerprint density at radius 1 is 0.900 bits per heavy atom. The molecule has 3 unspecified atom stereocenters. The first kappa shape index (κ1) is 17.3. The SMILES string of the molecule is CC1(C(F)(F)F)CC(C(F)(F)F)CC(O)(C(F)(F)F)O1. The molecule has 0 saturated carbocycles. The van der Waals surface area contributed by atoms with E-state index in [4.69, 9.17) is 5.11 Å². The van der Waals surface area contributed by atoms with Crippen molar-refractivity contribution in [2.24, 2.45) is 5.92 Å². The van der Waals surface area contributed by atoms with Crippen LogP contribution in [0.25, 0.3) is 0 Å². The highest BCUT2D eigenvalue weighted by atomic mass is 19.4. The summed E-state index contributed by atoms with van der Waals surface area (Å²) in [5, 5.41) is 9.09. The van der Waals surface area contributed by atoms with Gasteiger partial charge in [0.2, 0.25) is 0 Å². The minimum atomic E-state index is -5.79. The monoisotopic (exact) mass is 320 g/mol. The first-order chi connectivity index (χ1) is 8.52. The van der Waals surface area contributed by atoms with Crippen molar-refractivity contribution in [2.45, 2.75) is 49.7 Å². The number of aliphatic hydroxyl groups is 1. The summed E-state index contributed by atoms with van der Waals surface area (Å²) in [7, 11) is 0. The highest BCUT2D eigenvalue weighted by Crippen LogP contribution is 2.54. The zero-order chi connectivity index (χ0) is 16.2. The largest absolute Gasteiger partial charge is 0.443 e. The van der Waals surface area contributed by atoms with Crippen molar-refractivity contribution in [3.05, 3.63) is 0 Å². The molecule has 0 aromatic heterocycles. The first-order valence-electron chi connectivity index (χ1n) is 5.14. The zero-order valence-corrected chi connectivity index (χ0v) is 9.75. The van der Waals surface area contributed by atoms with E-state index in [1.807, 2.05) is 0 Å². The Kier molecular flexibility index (Phi) is 3.81. The van der Waals surface area contributed by atoms with E-state index < -0.39 is 48.7 Å². The minimum Gasteiger partial charge on any atom is -0.358 e. The van der Waals surface area contributed by atoms with E-state index in [-0.39, 0.29) is 6.92 Å². The highest BCUT2D eigenvalue weighted by molar-refractivity contribution is 4.98. The second-order valence-electron chi connectivity index (χ2n) is 4.76. The van der Waals surface area contributed by atoms with E-state index in [1.54, 1.807) is 0 Å². The van der Waals surface area contributed by atoms with Crippen LogP contribution >= 0.6 is 0 Å². The Labute approximate surface area is 106 Å². The lowest BCUT2D eigenvalue weighted by molar-refractivity contribution is -0.452. The molecule has 11 heteroatoms. The predicted molar refractivity (Wildman–Crippen MR) is 45.3 cm³/mol. The molecule has 0 bridgehead atoms. The summed E-state index contributed by atoms with van der Waals surface area (Å²) in [6.07, 6.45) is -20.4. The average molecular weight is 320 g/mol. The second-order valence-corrected chi connectivity index (χ2v) is 4.76. The number of halogens is 9. The quantitative estimate of drug-likeness (QED) is 0.692. The molecule has 2 nitrogen and oxygen atoms in total. The van der Waals surface area contributed by atoms with Gasteiger partial charge in [-0.2, -0.15) is 39.5 Å². The van der Waals surface area contributed by atoms with Gasteiger partial charge in [0.25, 0.3) is 5.79 Å². The highest BCUT2D eigenvalue weighted by Gasteiger charge is 2.70. The Hall–Kier alpha value is -0.710. The number of hydrogen-bond acceptors (Lipinski definition) is 2. The molecule has 120 valence electrons. The van der Waals surface area contributed by atoms with Crippen LogP contribution < -0.4 is 0 Å². The minimum absolute atomic E-state index is 0.0433. The van der Waals surface area contributed by atoms with Crippen LogP contribution in [0.5, 0.6) is 0 Å². The third-order valence-corrected chi connectivity index (χ3v) is 3.06. The third kappa shape index (κ3) is 2.97. The van der Waals surface area contributed by atoms with Gasteiger partial charge in [0.15, 0.2) is 5.60 Å². The summed E-state index contributed by atoms with van der Waals surface area (Å²) in [5.41, 5.74) is -3.75. The molecule has 0 amide bonds. The average Bonchev–Trinajstić information content (AvgIpc) is 2.11. The third-order valence-electron chi connectivity index (χ3n) is 3.06. The topological polar surface area (TPSA) is 29.5 Å². The van der Waals surface area contributed by atoms with E-state index >= 15 is 0 Å². The van der Waals surface area contributed by atoms with Gasteiger partial charge in [0, 0.05) is 6.42 Å².